The van der Waals surface area contributed by atoms with Gasteiger partial charge in [-0.2, -0.15) is 0 Å². The molecule has 2 heterocycles. The van der Waals surface area contributed by atoms with Crippen LogP contribution in [0.2, 0.25) is 0 Å². The van der Waals surface area contributed by atoms with E-state index in [1.54, 1.807) is 10.3 Å². The lowest BCUT2D eigenvalue weighted by atomic mass is 9.99. The highest BCUT2D eigenvalue weighted by Gasteiger charge is 2.25. The zero-order valence-corrected chi connectivity index (χ0v) is 11.2. The number of thiazole rings is 1. The summed E-state index contributed by atoms with van der Waals surface area (Å²) in [6, 6.07) is 0. The Bertz CT molecular complexity index is 408. The minimum Gasteiger partial charge on any atom is -0.396 e. The van der Waals surface area contributed by atoms with E-state index in [0.717, 1.165) is 30.8 Å². The molecule has 100 valence electrons. The number of amides is 1. The number of likely N-dealkylation sites (tertiary alicyclic amines) is 1. The Kier molecular flexibility index (Phi) is 4.68. The summed E-state index contributed by atoms with van der Waals surface area (Å²) in [5, 5.41) is 11.9. The summed E-state index contributed by atoms with van der Waals surface area (Å²) in [6.45, 7) is 2.11. The Morgan fingerprint density at radius 3 is 3.22 bits per heavy atom. The van der Waals surface area contributed by atoms with Crippen LogP contribution in [-0.2, 0) is 6.42 Å². The minimum atomic E-state index is -0.0207. The van der Waals surface area contributed by atoms with E-state index in [1.165, 1.54) is 11.3 Å². The van der Waals surface area contributed by atoms with Gasteiger partial charge < -0.3 is 15.7 Å². The van der Waals surface area contributed by atoms with Crippen molar-refractivity contribution in [2.24, 2.45) is 11.7 Å². The van der Waals surface area contributed by atoms with Gasteiger partial charge in [0, 0.05) is 31.5 Å². The zero-order chi connectivity index (χ0) is 13.0. The molecule has 5 nitrogen and oxygen atoms in total. The maximum atomic E-state index is 12.2. The van der Waals surface area contributed by atoms with Gasteiger partial charge in [0.15, 0.2) is 0 Å². The summed E-state index contributed by atoms with van der Waals surface area (Å²) >= 11 is 1.49. The molecule has 1 aromatic rings. The lowest BCUT2D eigenvalue weighted by Gasteiger charge is -2.31. The predicted octanol–water partition coefficient (Wildman–Crippen LogP) is 0.489. The lowest BCUT2D eigenvalue weighted by molar-refractivity contribution is 0.0615. The van der Waals surface area contributed by atoms with Crippen LogP contribution in [0.1, 0.15) is 28.3 Å². The average molecular weight is 269 g/mol. The monoisotopic (exact) mass is 269 g/mol. The van der Waals surface area contributed by atoms with Gasteiger partial charge in [-0.1, -0.05) is 0 Å². The number of aliphatic hydroxyl groups excluding tert-OH is 1. The fraction of sp³-hybridized carbons (Fsp3) is 0.667. The van der Waals surface area contributed by atoms with E-state index in [1.807, 2.05) is 0 Å². The number of nitrogens with two attached hydrogens (primary N) is 1. The summed E-state index contributed by atoms with van der Waals surface area (Å²) < 4.78 is 0. The molecule has 0 aromatic carbocycles. The van der Waals surface area contributed by atoms with Crippen molar-refractivity contribution < 1.29 is 9.90 Å². The number of rotatable bonds is 4. The number of aromatic nitrogens is 1. The minimum absolute atomic E-state index is 0.0207. The molecule has 1 saturated heterocycles. The smallest absolute Gasteiger partial charge is 0.273 e. The van der Waals surface area contributed by atoms with E-state index in [4.69, 9.17) is 10.8 Å². The Balaban J connectivity index is 2.00. The summed E-state index contributed by atoms with van der Waals surface area (Å²) in [6.07, 6.45) is 2.67. The second-order valence-corrected chi connectivity index (χ2v) is 5.55. The van der Waals surface area contributed by atoms with E-state index in [0.29, 0.717) is 18.8 Å². The van der Waals surface area contributed by atoms with Gasteiger partial charge in [-0.3, -0.25) is 4.79 Å². The Morgan fingerprint density at radius 1 is 1.67 bits per heavy atom. The third-order valence-corrected chi connectivity index (χ3v) is 4.10. The molecule has 1 atom stereocenters. The molecule has 0 bridgehead atoms. The molecule has 1 unspecified atom stereocenters. The van der Waals surface area contributed by atoms with Gasteiger partial charge in [0.1, 0.15) is 5.69 Å². The number of carbonyl (C=O) groups is 1. The summed E-state index contributed by atoms with van der Waals surface area (Å²) in [4.78, 5) is 18.3. The third-order valence-electron chi connectivity index (χ3n) is 3.19. The van der Waals surface area contributed by atoms with Crippen molar-refractivity contribution in [3.63, 3.8) is 0 Å². The first kappa shape index (κ1) is 13.5. The zero-order valence-electron chi connectivity index (χ0n) is 10.3. The summed E-state index contributed by atoms with van der Waals surface area (Å²) in [5.41, 5.74) is 5.98. The molecular formula is C12H19N3O2S. The first-order valence-electron chi connectivity index (χ1n) is 6.29. The van der Waals surface area contributed by atoms with Crippen LogP contribution in [0, 0.1) is 5.92 Å². The Hall–Kier alpha value is -0.980. The van der Waals surface area contributed by atoms with E-state index >= 15 is 0 Å². The topological polar surface area (TPSA) is 79.5 Å². The molecule has 1 fully saturated rings. The fourth-order valence-electron chi connectivity index (χ4n) is 2.21. The van der Waals surface area contributed by atoms with Crippen molar-refractivity contribution >= 4 is 17.2 Å². The molecule has 18 heavy (non-hydrogen) atoms. The number of hydrogen-bond acceptors (Lipinski definition) is 5. The largest absolute Gasteiger partial charge is 0.396 e. The number of hydrogen-bond donors (Lipinski definition) is 2. The maximum absolute atomic E-state index is 12.2. The van der Waals surface area contributed by atoms with E-state index in [-0.39, 0.29) is 18.4 Å². The van der Waals surface area contributed by atoms with Crippen LogP contribution in [0.4, 0.5) is 0 Å². The molecule has 0 aliphatic carbocycles. The number of piperidine rings is 1. The molecule has 0 spiro atoms. The normalized spacial score (nSPS) is 20.1. The van der Waals surface area contributed by atoms with Crippen molar-refractivity contribution in [3.8, 4) is 0 Å². The van der Waals surface area contributed by atoms with Gasteiger partial charge in [-0.05, 0) is 25.3 Å². The summed E-state index contributed by atoms with van der Waals surface area (Å²) in [5.74, 6) is 0.192. The van der Waals surface area contributed by atoms with Crippen molar-refractivity contribution in [2.75, 3.05) is 26.2 Å². The van der Waals surface area contributed by atoms with Crippen molar-refractivity contribution in [1.82, 2.24) is 9.88 Å². The molecule has 6 heteroatoms. The van der Waals surface area contributed by atoms with Crippen molar-refractivity contribution in [3.05, 3.63) is 16.1 Å². The molecule has 2 rings (SSSR count). The first-order chi connectivity index (χ1) is 8.74. The van der Waals surface area contributed by atoms with Gasteiger partial charge in [-0.15, -0.1) is 11.3 Å². The molecule has 0 saturated carbocycles. The molecule has 1 aliphatic heterocycles. The maximum Gasteiger partial charge on any atom is 0.273 e. The Labute approximate surface area is 111 Å². The van der Waals surface area contributed by atoms with Crippen LogP contribution in [0.15, 0.2) is 5.38 Å². The Morgan fingerprint density at radius 2 is 2.50 bits per heavy atom. The van der Waals surface area contributed by atoms with Gasteiger partial charge in [0.25, 0.3) is 5.91 Å². The summed E-state index contributed by atoms with van der Waals surface area (Å²) in [7, 11) is 0. The lowest BCUT2D eigenvalue weighted by Crippen LogP contribution is -2.41. The molecular weight excluding hydrogens is 250 g/mol. The predicted molar refractivity (Wildman–Crippen MR) is 70.6 cm³/mol. The second kappa shape index (κ2) is 6.26. The van der Waals surface area contributed by atoms with Crippen LogP contribution in [0.5, 0.6) is 0 Å². The highest BCUT2D eigenvalue weighted by molar-refractivity contribution is 7.09. The number of carbonyl (C=O) groups excluding carboxylic acids is 1. The highest BCUT2D eigenvalue weighted by Crippen LogP contribution is 2.19. The fourth-order valence-corrected chi connectivity index (χ4v) is 3.00. The van der Waals surface area contributed by atoms with Gasteiger partial charge >= 0.3 is 0 Å². The molecule has 0 radical (unpaired) electrons. The standard InChI is InChI=1S/C12H19N3O2S/c13-4-3-11-14-10(8-18-11)12(17)15-5-1-2-9(6-15)7-16/h8-9,16H,1-7,13H2. The molecule has 1 aromatic heterocycles. The van der Waals surface area contributed by atoms with Gasteiger partial charge in [-0.25, -0.2) is 4.98 Å². The second-order valence-electron chi connectivity index (χ2n) is 4.61. The van der Waals surface area contributed by atoms with Crippen LogP contribution in [0.25, 0.3) is 0 Å². The number of nitrogens with zero attached hydrogens (tertiary/aromatic N) is 2. The molecule has 1 amide bonds. The quantitative estimate of drug-likeness (QED) is 0.833. The SMILES string of the molecule is NCCc1nc(C(=O)N2CCCC(CO)C2)cs1. The average Bonchev–Trinajstić information content (AvgIpc) is 2.87. The molecule has 3 N–H and O–H groups in total. The first-order valence-corrected chi connectivity index (χ1v) is 7.17. The van der Waals surface area contributed by atoms with Crippen LogP contribution in [-0.4, -0.2) is 47.1 Å². The number of aliphatic hydroxyl groups is 1. The van der Waals surface area contributed by atoms with Crippen LogP contribution < -0.4 is 5.73 Å². The third kappa shape index (κ3) is 3.07. The van der Waals surface area contributed by atoms with E-state index < -0.39 is 0 Å². The van der Waals surface area contributed by atoms with E-state index in [2.05, 4.69) is 4.98 Å². The highest BCUT2D eigenvalue weighted by atomic mass is 32.1. The van der Waals surface area contributed by atoms with Crippen molar-refractivity contribution in [1.29, 1.82) is 0 Å². The van der Waals surface area contributed by atoms with Crippen molar-refractivity contribution in [2.45, 2.75) is 19.3 Å². The van der Waals surface area contributed by atoms with E-state index in [9.17, 15) is 4.79 Å². The van der Waals surface area contributed by atoms with Crippen LogP contribution in [0.3, 0.4) is 0 Å². The van der Waals surface area contributed by atoms with Crippen LogP contribution >= 0.6 is 11.3 Å². The van der Waals surface area contributed by atoms with Gasteiger partial charge in [0.2, 0.25) is 0 Å². The van der Waals surface area contributed by atoms with Gasteiger partial charge in [0.05, 0.1) is 5.01 Å². The molecule has 1 aliphatic rings.